The Hall–Kier alpha value is -8.04. The molecule has 0 fully saturated rings. The number of hydrogen-bond donors (Lipinski definition) is 0. The van der Waals surface area contributed by atoms with Crippen LogP contribution in [0.15, 0.2) is 223 Å². The molecule has 0 aliphatic carbocycles. The maximum atomic E-state index is 7.48. The SMILES string of the molecule is Cc1c2c(cc3c1N(c1ccccc1)c1cc(N(c4ccccc4)c4ccccc4)cc4c1B3OC1C=CN=CC41)B1Sc3ccncc3-c3cc(N(c4ccccc4)c4ccccc4)cc(c31)O2. The largest absolute Gasteiger partial charge is 0.458 e. The van der Waals surface area contributed by atoms with Crippen LogP contribution in [0.25, 0.3) is 11.1 Å². The van der Waals surface area contributed by atoms with Crippen molar-refractivity contribution >= 4 is 104 Å². The van der Waals surface area contributed by atoms with Gasteiger partial charge in [-0.1, -0.05) is 97.1 Å². The van der Waals surface area contributed by atoms with Crippen molar-refractivity contribution in [2.24, 2.45) is 4.99 Å². The van der Waals surface area contributed by atoms with Crippen molar-refractivity contribution in [3.05, 3.63) is 224 Å². The number of para-hydroxylation sites is 5. The molecule has 0 spiro atoms. The second-order valence-corrected chi connectivity index (χ2v) is 19.2. The Balaban J connectivity index is 1.01. The minimum Gasteiger partial charge on any atom is -0.458 e. The molecule has 2 unspecified atom stereocenters. The van der Waals surface area contributed by atoms with Gasteiger partial charge in [-0.05, 0) is 131 Å². The zero-order valence-corrected chi connectivity index (χ0v) is 38.4. The van der Waals surface area contributed by atoms with Crippen LogP contribution >= 0.6 is 11.6 Å². The molecule has 10 heteroatoms. The Morgan fingerprint density at radius 1 is 0.609 bits per heavy atom. The predicted molar refractivity (Wildman–Crippen MR) is 286 cm³/mol. The first-order valence-corrected chi connectivity index (χ1v) is 24.4. The van der Waals surface area contributed by atoms with Crippen LogP contribution in [-0.2, 0) is 4.65 Å². The van der Waals surface area contributed by atoms with Crippen LogP contribution in [-0.4, -0.2) is 30.2 Å². The van der Waals surface area contributed by atoms with Gasteiger partial charge >= 0.3 is 6.92 Å². The highest BCUT2D eigenvalue weighted by Gasteiger charge is 2.49. The molecule has 5 aliphatic rings. The molecule has 69 heavy (non-hydrogen) atoms. The minimum atomic E-state index is -0.360. The molecule has 7 nitrogen and oxygen atoms in total. The van der Waals surface area contributed by atoms with Crippen molar-refractivity contribution in [3.8, 4) is 22.6 Å². The highest BCUT2D eigenvalue weighted by atomic mass is 32.2. The monoisotopic (exact) mass is 905 g/mol. The number of rotatable bonds is 7. The van der Waals surface area contributed by atoms with Crippen molar-refractivity contribution in [1.29, 1.82) is 0 Å². The third-order valence-corrected chi connectivity index (χ3v) is 15.5. The Morgan fingerprint density at radius 3 is 1.86 bits per heavy atom. The molecule has 6 heterocycles. The van der Waals surface area contributed by atoms with Gasteiger partial charge in [-0.15, -0.1) is 0 Å². The summed E-state index contributed by atoms with van der Waals surface area (Å²) >= 11 is 1.88. The number of fused-ring (bicyclic) bond motifs is 8. The molecule has 14 rings (SSSR count). The van der Waals surface area contributed by atoms with E-state index in [0.29, 0.717) is 0 Å². The van der Waals surface area contributed by atoms with E-state index in [1.165, 1.54) is 10.5 Å². The van der Waals surface area contributed by atoms with Crippen molar-refractivity contribution in [1.82, 2.24) is 4.98 Å². The van der Waals surface area contributed by atoms with Crippen molar-refractivity contribution in [2.75, 3.05) is 14.7 Å². The predicted octanol–water partition coefficient (Wildman–Crippen LogP) is 12.3. The summed E-state index contributed by atoms with van der Waals surface area (Å²) in [5.41, 5.74) is 18.6. The molecule has 0 radical (unpaired) electrons. The maximum absolute atomic E-state index is 7.48. The number of anilines is 9. The highest BCUT2D eigenvalue weighted by molar-refractivity contribution is 8.28. The van der Waals surface area contributed by atoms with Crippen LogP contribution in [0, 0.1) is 6.92 Å². The van der Waals surface area contributed by atoms with Gasteiger partial charge in [0, 0.05) is 92.6 Å². The summed E-state index contributed by atoms with van der Waals surface area (Å²) in [5.74, 6) is 1.59. The number of benzene rings is 8. The molecule has 9 aromatic rings. The van der Waals surface area contributed by atoms with E-state index in [4.69, 9.17) is 14.4 Å². The first-order chi connectivity index (χ1) is 34.2. The zero-order chi connectivity index (χ0) is 45.6. The lowest BCUT2D eigenvalue weighted by Gasteiger charge is -2.45. The van der Waals surface area contributed by atoms with E-state index in [2.05, 4.69) is 227 Å². The average molecular weight is 906 g/mol. The molecule has 0 N–H and O–H groups in total. The molecule has 2 atom stereocenters. The summed E-state index contributed by atoms with van der Waals surface area (Å²) in [7, 11) is 0. The van der Waals surface area contributed by atoms with Crippen molar-refractivity contribution in [2.45, 2.75) is 23.8 Å². The van der Waals surface area contributed by atoms with Gasteiger partial charge in [-0.2, -0.15) is 11.6 Å². The standard InChI is InChI=1S/C59H41B2N5O2S/c1-38-58-50(35-51-59(38)67-54-34-45(32-47-49-37-63-30-28-55(49)69-61(51)57(47)54)65(41-21-11-4-12-22-41)42-23-13-5-14-24-42)60-56-46(48-36-62-29-27-53(48)68-60)31-44(33-52(56)66(58)43-25-15-6-16-26-43)64(39-17-7-2-8-18-39)40-19-9-3-10-20-40/h2-37,48,53H,1H3. The van der Waals surface area contributed by atoms with Gasteiger partial charge in [0.15, 0.2) is 0 Å². The van der Waals surface area contributed by atoms with Crippen LogP contribution < -0.4 is 41.3 Å². The quantitative estimate of drug-likeness (QED) is 0.148. The number of nitrogens with zero attached hydrogens (tertiary/aromatic N) is 5. The van der Waals surface area contributed by atoms with E-state index in [0.717, 1.165) is 101 Å². The Labute approximate surface area is 406 Å². The number of aliphatic imine (C=N–C) groups is 1. The van der Waals surface area contributed by atoms with Crippen LogP contribution in [0.3, 0.4) is 0 Å². The molecule has 0 bridgehead atoms. The first-order valence-electron chi connectivity index (χ1n) is 23.5. The average Bonchev–Trinajstić information content (AvgIpc) is 3.41. The number of hydrogen-bond acceptors (Lipinski definition) is 8. The molecule has 326 valence electrons. The van der Waals surface area contributed by atoms with Crippen molar-refractivity contribution < 1.29 is 9.39 Å². The Morgan fingerprint density at radius 2 is 1.22 bits per heavy atom. The topological polar surface area (TPSA) is 53.4 Å². The third kappa shape index (κ3) is 6.36. The zero-order valence-electron chi connectivity index (χ0n) is 37.6. The molecule has 0 amide bonds. The van der Waals surface area contributed by atoms with Gasteiger partial charge in [0.2, 0.25) is 0 Å². The summed E-state index contributed by atoms with van der Waals surface area (Å²) in [6, 6.07) is 67.1. The normalized spacial score (nSPS) is 16.3. The first kappa shape index (κ1) is 40.1. The van der Waals surface area contributed by atoms with Gasteiger partial charge in [0.25, 0.3) is 5.99 Å². The molecule has 8 aromatic carbocycles. The lowest BCUT2D eigenvalue weighted by molar-refractivity contribution is 0.242. The van der Waals surface area contributed by atoms with E-state index in [-0.39, 0.29) is 24.9 Å². The van der Waals surface area contributed by atoms with E-state index in [9.17, 15) is 0 Å². The summed E-state index contributed by atoms with van der Waals surface area (Å²) in [4.78, 5) is 17.7. The highest BCUT2D eigenvalue weighted by Crippen LogP contribution is 2.51. The number of ether oxygens (including phenoxy) is 1. The van der Waals surface area contributed by atoms with Crippen molar-refractivity contribution in [3.63, 3.8) is 0 Å². The Bertz CT molecular complexity index is 3470. The second kappa shape index (κ2) is 16.0. The van der Waals surface area contributed by atoms with Gasteiger partial charge < -0.3 is 24.1 Å². The summed E-state index contributed by atoms with van der Waals surface area (Å²) in [6.45, 7) is 1.88. The van der Waals surface area contributed by atoms with Gasteiger partial charge in [-0.3, -0.25) is 9.98 Å². The molecule has 5 aliphatic heterocycles. The fraction of sp³-hybridized carbons (Fsp3) is 0.0508. The smallest absolute Gasteiger partial charge is 0.366 e. The third-order valence-electron chi connectivity index (χ3n) is 14.1. The molecule has 1 aromatic heterocycles. The molecular formula is C59H41B2N5O2S. The second-order valence-electron chi connectivity index (χ2n) is 18.0. The van der Waals surface area contributed by atoms with E-state index < -0.39 is 0 Å². The molecular weight excluding hydrogens is 864 g/mol. The van der Waals surface area contributed by atoms with Crippen LogP contribution in [0.1, 0.15) is 17.0 Å². The Kier molecular flexibility index (Phi) is 9.32. The fourth-order valence-electron chi connectivity index (χ4n) is 11.2. The van der Waals surface area contributed by atoms with E-state index in [1.54, 1.807) is 0 Å². The van der Waals surface area contributed by atoms with Gasteiger partial charge in [-0.25, -0.2) is 0 Å². The minimum absolute atomic E-state index is 0.0506. The summed E-state index contributed by atoms with van der Waals surface area (Å²) < 4.78 is 14.9. The van der Waals surface area contributed by atoms with Crippen LogP contribution in [0.2, 0.25) is 0 Å². The van der Waals surface area contributed by atoms with Gasteiger partial charge in [0.05, 0.1) is 17.5 Å². The maximum Gasteiger partial charge on any atom is 0.366 e. The lowest BCUT2D eigenvalue weighted by Crippen LogP contribution is -2.60. The molecule has 0 saturated heterocycles. The van der Waals surface area contributed by atoms with E-state index in [1.807, 2.05) is 30.2 Å². The lowest BCUT2D eigenvalue weighted by atomic mass is 9.46. The van der Waals surface area contributed by atoms with Gasteiger partial charge in [0.1, 0.15) is 11.5 Å². The summed E-state index contributed by atoms with van der Waals surface area (Å²) in [6.07, 6.45) is 9.79. The van der Waals surface area contributed by atoms with Crippen LogP contribution in [0.4, 0.5) is 51.2 Å². The molecule has 0 saturated carbocycles. The number of aromatic nitrogens is 1. The fourth-order valence-corrected chi connectivity index (χ4v) is 12.5. The van der Waals surface area contributed by atoms with E-state index >= 15 is 0 Å². The van der Waals surface area contributed by atoms with Crippen LogP contribution in [0.5, 0.6) is 11.5 Å². The number of pyridine rings is 1. The summed E-state index contributed by atoms with van der Waals surface area (Å²) in [5, 5.41) is 0.